The molecular weight excluding hydrogens is 351 g/mol. The van der Waals surface area contributed by atoms with Crippen LogP contribution in [0.5, 0.6) is 0 Å². The first-order valence-electron chi connectivity index (χ1n) is 7.07. The molecule has 0 saturated heterocycles. The van der Waals surface area contributed by atoms with Crippen molar-refractivity contribution in [1.82, 2.24) is 15.3 Å². The number of amides is 3. The Labute approximate surface area is 149 Å². The van der Waals surface area contributed by atoms with Gasteiger partial charge in [0.2, 0.25) is 0 Å². The lowest BCUT2D eigenvalue weighted by molar-refractivity contribution is 0.0967. The van der Waals surface area contributed by atoms with Crippen LogP contribution < -0.4 is 10.6 Å². The van der Waals surface area contributed by atoms with E-state index in [0.717, 1.165) is 5.69 Å². The van der Waals surface area contributed by atoms with Crippen LogP contribution in [0.1, 0.15) is 36.8 Å². The Morgan fingerprint density at radius 1 is 1.04 bits per heavy atom. The molecule has 2 aromatic rings. The summed E-state index contributed by atoms with van der Waals surface area (Å²) in [6, 6.07) is 3.87. The van der Waals surface area contributed by atoms with Crippen molar-refractivity contribution >= 4 is 41.0 Å². The summed E-state index contributed by atoms with van der Waals surface area (Å²) in [6.07, 6.45) is 3.00. The van der Waals surface area contributed by atoms with Gasteiger partial charge in [-0.15, -0.1) is 0 Å². The molecule has 0 radical (unpaired) electrons. The zero-order valence-corrected chi connectivity index (χ0v) is 14.9. The Balaban J connectivity index is 2.04. The lowest BCUT2D eigenvalue weighted by Gasteiger charge is -2.17. The van der Waals surface area contributed by atoms with Crippen LogP contribution in [0, 0.1) is 0 Å². The first-order chi connectivity index (χ1) is 11.2. The number of hydrogen-bond acceptors (Lipinski definition) is 4. The van der Waals surface area contributed by atoms with Crippen LogP contribution in [0.15, 0.2) is 30.6 Å². The summed E-state index contributed by atoms with van der Waals surface area (Å²) in [4.78, 5) is 32.3. The van der Waals surface area contributed by atoms with E-state index in [2.05, 4.69) is 20.6 Å². The molecule has 0 atom stereocenters. The van der Waals surface area contributed by atoms with E-state index in [0.29, 0.717) is 0 Å². The first-order valence-corrected chi connectivity index (χ1v) is 7.83. The molecule has 0 spiro atoms. The molecule has 2 N–H and O–H groups in total. The maximum absolute atomic E-state index is 12.1. The summed E-state index contributed by atoms with van der Waals surface area (Å²) in [6.45, 7) is 6.01. The highest BCUT2D eigenvalue weighted by atomic mass is 35.5. The predicted molar refractivity (Wildman–Crippen MR) is 93.7 cm³/mol. The van der Waals surface area contributed by atoms with Crippen LogP contribution in [-0.2, 0) is 5.41 Å². The van der Waals surface area contributed by atoms with E-state index >= 15 is 0 Å². The monoisotopic (exact) mass is 366 g/mol. The fourth-order valence-electron chi connectivity index (χ4n) is 1.81. The molecule has 0 unspecified atom stereocenters. The van der Waals surface area contributed by atoms with Crippen molar-refractivity contribution in [2.45, 2.75) is 26.2 Å². The lowest BCUT2D eigenvalue weighted by atomic mass is 9.93. The zero-order valence-electron chi connectivity index (χ0n) is 13.4. The van der Waals surface area contributed by atoms with Gasteiger partial charge in [-0.25, -0.2) is 9.78 Å². The number of nitrogens with zero attached hydrogens (tertiary/aromatic N) is 2. The van der Waals surface area contributed by atoms with Gasteiger partial charge in [0, 0.05) is 5.41 Å². The highest BCUT2D eigenvalue weighted by molar-refractivity contribution is 6.40. The SMILES string of the molecule is CC(C)(C)c1cnc(NC(=O)NC(=O)c2c(Cl)cccc2Cl)cn1. The van der Waals surface area contributed by atoms with E-state index in [9.17, 15) is 9.59 Å². The molecule has 8 heteroatoms. The molecule has 0 bridgehead atoms. The fourth-order valence-corrected chi connectivity index (χ4v) is 2.38. The third kappa shape index (κ3) is 4.43. The van der Waals surface area contributed by atoms with Gasteiger partial charge in [0.1, 0.15) is 0 Å². The first kappa shape index (κ1) is 18.2. The Morgan fingerprint density at radius 2 is 1.67 bits per heavy atom. The lowest BCUT2D eigenvalue weighted by Crippen LogP contribution is -2.35. The van der Waals surface area contributed by atoms with Gasteiger partial charge >= 0.3 is 6.03 Å². The van der Waals surface area contributed by atoms with E-state index in [1.54, 1.807) is 12.3 Å². The fraction of sp³-hybridized carbons (Fsp3) is 0.250. The van der Waals surface area contributed by atoms with Crippen molar-refractivity contribution in [1.29, 1.82) is 0 Å². The molecular formula is C16H16Cl2N4O2. The van der Waals surface area contributed by atoms with E-state index in [-0.39, 0.29) is 26.8 Å². The van der Waals surface area contributed by atoms with Crippen LogP contribution in [0.4, 0.5) is 10.6 Å². The number of carbonyl (C=O) groups is 2. The van der Waals surface area contributed by atoms with Crippen LogP contribution in [-0.4, -0.2) is 21.9 Å². The average molecular weight is 367 g/mol. The maximum atomic E-state index is 12.1. The second-order valence-electron chi connectivity index (χ2n) is 6.04. The van der Waals surface area contributed by atoms with Crippen LogP contribution >= 0.6 is 23.2 Å². The predicted octanol–water partition coefficient (Wildman–Crippen LogP) is 4.04. The van der Waals surface area contributed by atoms with Crippen molar-refractivity contribution in [2.24, 2.45) is 0 Å². The van der Waals surface area contributed by atoms with Crippen molar-refractivity contribution in [2.75, 3.05) is 5.32 Å². The van der Waals surface area contributed by atoms with E-state index < -0.39 is 11.9 Å². The number of nitrogens with one attached hydrogen (secondary N) is 2. The molecule has 1 aromatic heterocycles. The number of halogens is 2. The molecule has 0 aliphatic heterocycles. The smallest absolute Gasteiger partial charge is 0.291 e. The van der Waals surface area contributed by atoms with Crippen LogP contribution in [0.3, 0.4) is 0 Å². The Hall–Kier alpha value is -2.18. The molecule has 1 aromatic carbocycles. The average Bonchev–Trinajstić information content (AvgIpc) is 2.46. The maximum Gasteiger partial charge on any atom is 0.327 e. The summed E-state index contributed by atoms with van der Waals surface area (Å²) in [5, 5.41) is 4.88. The van der Waals surface area contributed by atoms with Crippen LogP contribution in [0.25, 0.3) is 0 Å². The molecule has 0 aliphatic rings. The second-order valence-corrected chi connectivity index (χ2v) is 6.86. The van der Waals surface area contributed by atoms with E-state index in [1.807, 2.05) is 20.8 Å². The quantitative estimate of drug-likeness (QED) is 0.839. The third-order valence-corrected chi connectivity index (χ3v) is 3.71. The molecule has 0 fully saturated rings. The second kappa shape index (κ2) is 7.15. The molecule has 3 amide bonds. The number of carbonyl (C=O) groups excluding carboxylic acids is 2. The van der Waals surface area contributed by atoms with Crippen molar-refractivity contribution < 1.29 is 9.59 Å². The van der Waals surface area contributed by atoms with E-state index in [1.165, 1.54) is 18.3 Å². The molecule has 1 heterocycles. The summed E-state index contributed by atoms with van der Waals surface area (Å²) < 4.78 is 0. The number of rotatable bonds is 2. The summed E-state index contributed by atoms with van der Waals surface area (Å²) in [5.74, 6) is -0.485. The number of benzene rings is 1. The van der Waals surface area contributed by atoms with Crippen molar-refractivity contribution in [3.63, 3.8) is 0 Å². The topological polar surface area (TPSA) is 84.0 Å². The van der Waals surface area contributed by atoms with Crippen LogP contribution in [0.2, 0.25) is 10.0 Å². The van der Waals surface area contributed by atoms with Gasteiger partial charge in [0.05, 0.1) is 33.7 Å². The number of anilines is 1. The van der Waals surface area contributed by atoms with E-state index in [4.69, 9.17) is 23.2 Å². The highest BCUT2D eigenvalue weighted by Crippen LogP contribution is 2.24. The summed E-state index contributed by atoms with van der Waals surface area (Å²) in [5.41, 5.74) is 0.669. The minimum atomic E-state index is -0.756. The molecule has 6 nitrogen and oxygen atoms in total. The Kier molecular flexibility index (Phi) is 5.41. The summed E-state index contributed by atoms with van der Waals surface area (Å²) >= 11 is 11.9. The van der Waals surface area contributed by atoms with Gasteiger partial charge in [-0.1, -0.05) is 50.0 Å². The number of urea groups is 1. The molecule has 0 saturated carbocycles. The zero-order chi connectivity index (χ0) is 17.9. The Bertz CT molecular complexity index is 750. The highest BCUT2D eigenvalue weighted by Gasteiger charge is 2.18. The van der Waals surface area contributed by atoms with Gasteiger partial charge in [-0.3, -0.25) is 20.4 Å². The van der Waals surface area contributed by atoms with Gasteiger partial charge < -0.3 is 0 Å². The van der Waals surface area contributed by atoms with Gasteiger partial charge in [-0.05, 0) is 12.1 Å². The largest absolute Gasteiger partial charge is 0.327 e. The number of aromatic nitrogens is 2. The molecule has 0 aliphatic carbocycles. The minimum absolute atomic E-state index is 0.0325. The third-order valence-electron chi connectivity index (χ3n) is 3.08. The Morgan fingerprint density at radius 3 is 2.17 bits per heavy atom. The standard InChI is InChI=1S/C16H16Cl2N4O2/c1-16(2,3)11-7-20-12(8-19-11)21-15(24)22-14(23)13-9(17)5-4-6-10(13)18/h4-8H,1-3H3,(H2,20,21,22,23,24). The van der Waals surface area contributed by atoms with Gasteiger partial charge in [0.25, 0.3) is 5.91 Å². The van der Waals surface area contributed by atoms with Gasteiger partial charge in [-0.2, -0.15) is 0 Å². The molecule has 2 rings (SSSR count). The van der Waals surface area contributed by atoms with Crippen molar-refractivity contribution in [3.8, 4) is 0 Å². The molecule has 126 valence electrons. The minimum Gasteiger partial charge on any atom is -0.291 e. The normalized spacial score (nSPS) is 11.0. The summed E-state index contributed by atoms with van der Waals surface area (Å²) in [7, 11) is 0. The number of hydrogen-bond donors (Lipinski definition) is 2. The van der Waals surface area contributed by atoms with Gasteiger partial charge in [0.15, 0.2) is 5.82 Å². The molecule has 24 heavy (non-hydrogen) atoms. The number of imide groups is 1. The van der Waals surface area contributed by atoms with Crippen molar-refractivity contribution in [3.05, 3.63) is 51.9 Å².